The van der Waals surface area contributed by atoms with Crippen LogP contribution in [0.3, 0.4) is 0 Å². The molecular formula is C12H7F17O2. The number of ether oxygens (including phenoxy) is 1. The highest BCUT2D eigenvalue weighted by atomic mass is 19.4. The number of hydrogen-bond donors (Lipinski definition) is 0. The molecule has 0 N–H and O–H groups in total. The standard InChI is InChI=1S/C12H7F17O2/c1-2-3-31-4(30)5(13,14)6(15,16)7(17,18)8(19,20)9(21,22)10(23,24)11(25,26)12(27,28)29/h2-3H2,1H3. The van der Waals surface area contributed by atoms with Gasteiger partial charge >= 0.3 is 53.6 Å². The fourth-order valence-corrected chi connectivity index (χ4v) is 1.58. The summed E-state index contributed by atoms with van der Waals surface area (Å²) in [6.07, 6.45) is -8.29. The molecule has 0 rings (SSSR count). The predicted octanol–water partition coefficient (Wildman–Crippen LogP) is 5.95. The highest BCUT2D eigenvalue weighted by Crippen LogP contribution is 2.63. The van der Waals surface area contributed by atoms with Gasteiger partial charge in [0.25, 0.3) is 0 Å². The first-order valence-electron chi connectivity index (χ1n) is 7.12. The minimum Gasteiger partial charge on any atom is -0.461 e. The Morgan fingerprint density at radius 1 is 0.548 bits per heavy atom. The molecular weight excluding hydrogens is 499 g/mol. The van der Waals surface area contributed by atoms with Crippen molar-refractivity contribution >= 4 is 5.97 Å². The van der Waals surface area contributed by atoms with Gasteiger partial charge < -0.3 is 4.74 Å². The first-order valence-corrected chi connectivity index (χ1v) is 7.12. The van der Waals surface area contributed by atoms with Gasteiger partial charge in [-0.3, -0.25) is 0 Å². The van der Waals surface area contributed by atoms with Gasteiger partial charge in [-0.15, -0.1) is 0 Å². The van der Waals surface area contributed by atoms with Crippen molar-refractivity contribution in [1.29, 1.82) is 0 Å². The number of esters is 1. The van der Waals surface area contributed by atoms with Crippen LogP contribution in [0.15, 0.2) is 0 Å². The topological polar surface area (TPSA) is 26.3 Å². The first kappa shape index (κ1) is 29.3. The van der Waals surface area contributed by atoms with Crippen molar-refractivity contribution in [3.8, 4) is 0 Å². The molecule has 0 aliphatic heterocycles. The van der Waals surface area contributed by atoms with Crippen LogP contribution in [0, 0.1) is 0 Å². The fraction of sp³-hybridized carbons (Fsp3) is 0.917. The van der Waals surface area contributed by atoms with E-state index in [2.05, 4.69) is 4.74 Å². The third-order valence-electron chi connectivity index (χ3n) is 3.42. The van der Waals surface area contributed by atoms with Crippen LogP contribution in [0.2, 0.25) is 0 Å². The van der Waals surface area contributed by atoms with Crippen LogP contribution in [0.25, 0.3) is 0 Å². The molecule has 0 atom stereocenters. The molecule has 2 nitrogen and oxygen atoms in total. The van der Waals surface area contributed by atoms with E-state index in [9.17, 15) is 79.4 Å². The van der Waals surface area contributed by atoms with E-state index < -0.39 is 66.6 Å². The average molecular weight is 506 g/mol. The van der Waals surface area contributed by atoms with Gasteiger partial charge in [0.2, 0.25) is 0 Å². The minimum atomic E-state index is -8.73. The quantitative estimate of drug-likeness (QED) is 0.286. The van der Waals surface area contributed by atoms with Crippen LogP contribution in [0.4, 0.5) is 74.6 Å². The normalized spacial score (nSPS) is 15.8. The largest absolute Gasteiger partial charge is 0.461 e. The predicted molar refractivity (Wildman–Crippen MR) is 61.9 cm³/mol. The van der Waals surface area contributed by atoms with Gasteiger partial charge in [-0.2, -0.15) is 74.6 Å². The van der Waals surface area contributed by atoms with Crippen LogP contribution in [0.5, 0.6) is 0 Å². The maximum atomic E-state index is 13.3. The van der Waals surface area contributed by atoms with Crippen molar-refractivity contribution in [2.45, 2.75) is 61.0 Å². The van der Waals surface area contributed by atoms with Gasteiger partial charge in [0.15, 0.2) is 0 Å². The van der Waals surface area contributed by atoms with E-state index in [1.54, 1.807) is 0 Å². The summed E-state index contributed by atoms with van der Waals surface area (Å²) in [5.41, 5.74) is 0. The van der Waals surface area contributed by atoms with E-state index in [1.807, 2.05) is 0 Å². The smallest absolute Gasteiger partial charge is 0.460 e. The van der Waals surface area contributed by atoms with E-state index in [0.29, 0.717) is 0 Å². The molecule has 31 heavy (non-hydrogen) atoms. The second-order valence-electron chi connectivity index (χ2n) is 5.65. The molecule has 186 valence electrons. The Balaban J connectivity index is 6.66. The van der Waals surface area contributed by atoms with Crippen molar-refractivity contribution < 1.29 is 84.2 Å². The van der Waals surface area contributed by atoms with Gasteiger partial charge in [0.05, 0.1) is 6.61 Å². The van der Waals surface area contributed by atoms with Gasteiger partial charge in [-0.05, 0) is 6.42 Å². The maximum absolute atomic E-state index is 13.3. The van der Waals surface area contributed by atoms with Gasteiger partial charge in [-0.25, -0.2) is 4.79 Å². The monoisotopic (exact) mass is 506 g/mol. The Hall–Kier alpha value is -1.72. The molecule has 19 heteroatoms. The Kier molecular flexibility index (Phi) is 7.27. The third-order valence-corrected chi connectivity index (χ3v) is 3.42. The number of rotatable bonds is 9. The van der Waals surface area contributed by atoms with Crippen molar-refractivity contribution in [1.82, 2.24) is 0 Å². The van der Waals surface area contributed by atoms with Gasteiger partial charge in [0.1, 0.15) is 0 Å². The Bertz CT molecular complexity index is 663. The van der Waals surface area contributed by atoms with Crippen LogP contribution in [-0.4, -0.2) is 60.2 Å². The fourth-order valence-electron chi connectivity index (χ4n) is 1.58. The van der Waals surface area contributed by atoms with Crippen LogP contribution >= 0.6 is 0 Å². The highest BCUT2D eigenvalue weighted by Gasteiger charge is 2.95. The number of hydrogen-bond acceptors (Lipinski definition) is 2. The lowest BCUT2D eigenvalue weighted by molar-refractivity contribution is -0.460. The molecule has 0 aliphatic carbocycles. The molecule has 0 saturated heterocycles. The first-order chi connectivity index (χ1) is 13.2. The molecule has 0 fully saturated rings. The zero-order chi connectivity index (χ0) is 25.7. The van der Waals surface area contributed by atoms with Crippen molar-refractivity contribution in [2.24, 2.45) is 0 Å². The molecule has 0 unspecified atom stereocenters. The highest BCUT2D eigenvalue weighted by molar-refractivity contribution is 5.79. The summed E-state index contributed by atoms with van der Waals surface area (Å²) in [4.78, 5) is 10.7. The Labute approximate surface area is 159 Å². The second kappa shape index (κ2) is 7.70. The summed E-state index contributed by atoms with van der Waals surface area (Å²) in [5, 5.41) is 0. The van der Waals surface area contributed by atoms with Crippen molar-refractivity contribution in [2.75, 3.05) is 6.61 Å². The minimum absolute atomic E-state index is 0.475. The van der Waals surface area contributed by atoms with E-state index >= 15 is 0 Å². The number of halogens is 17. The van der Waals surface area contributed by atoms with E-state index in [0.717, 1.165) is 6.92 Å². The molecule has 0 aliphatic rings. The number of carbonyl (C=O) groups is 1. The lowest BCUT2D eigenvalue weighted by atomic mass is 9.89. The van der Waals surface area contributed by atoms with Crippen LogP contribution in [-0.2, 0) is 9.53 Å². The zero-order valence-electron chi connectivity index (χ0n) is 14.2. The van der Waals surface area contributed by atoms with E-state index in [1.165, 1.54) is 0 Å². The SMILES string of the molecule is CCCOC(=O)C(F)(F)C(F)(F)C(F)(F)C(F)(F)C(F)(F)C(F)(F)C(F)(F)C(F)(F)F. The summed E-state index contributed by atoms with van der Waals surface area (Å²) in [7, 11) is 0. The van der Waals surface area contributed by atoms with Crippen molar-refractivity contribution in [3.05, 3.63) is 0 Å². The summed E-state index contributed by atoms with van der Waals surface area (Å²) in [5.74, 6) is -61.7. The van der Waals surface area contributed by atoms with Gasteiger partial charge in [-0.1, -0.05) is 6.92 Å². The maximum Gasteiger partial charge on any atom is 0.460 e. The molecule has 0 heterocycles. The lowest BCUT2D eigenvalue weighted by Crippen LogP contribution is -2.75. The van der Waals surface area contributed by atoms with Crippen LogP contribution in [0.1, 0.15) is 13.3 Å². The molecule has 0 saturated carbocycles. The second-order valence-corrected chi connectivity index (χ2v) is 5.65. The van der Waals surface area contributed by atoms with E-state index in [4.69, 9.17) is 0 Å². The van der Waals surface area contributed by atoms with Gasteiger partial charge in [0, 0.05) is 0 Å². The number of carbonyl (C=O) groups excluding carboxylic acids is 1. The lowest BCUT2D eigenvalue weighted by Gasteiger charge is -2.42. The van der Waals surface area contributed by atoms with E-state index in [-0.39, 0.29) is 0 Å². The average Bonchev–Trinajstić information content (AvgIpc) is 2.57. The third kappa shape index (κ3) is 3.84. The van der Waals surface area contributed by atoms with Crippen molar-refractivity contribution in [3.63, 3.8) is 0 Å². The molecule has 0 aromatic carbocycles. The molecule has 0 amide bonds. The summed E-state index contributed by atoms with van der Waals surface area (Å²) >= 11 is 0. The Morgan fingerprint density at radius 2 is 0.839 bits per heavy atom. The van der Waals surface area contributed by atoms with Crippen LogP contribution < -0.4 is 0 Å². The molecule has 0 spiro atoms. The molecule has 0 bridgehead atoms. The number of alkyl halides is 17. The molecule has 0 radical (unpaired) electrons. The molecule has 0 aromatic rings. The Morgan fingerprint density at radius 3 is 1.13 bits per heavy atom. The molecule has 0 aromatic heterocycles. The summed E-state index contributed by atoms with van der Waals surface area (Å²) < 4.78 is 223. The zero-order valence-corrected chi connectivity index (χ0v) is 14.2. The summed E-state index contributed by atoms with van der Waals surface area (Å²) in [6, 6.07) is 0. The summed E-state index contributed by atoms with van der Waals surface area (Å²) in [6.45, 7) is -0.256.